The number of phenols is 1. The van der Waals surface area contributed by atoms with Gasteiger partial charge in [-0.25, -0.2) is 4.79 Å². The maximum Gasteiger partial charge on any atom is 0.340 e. The summed E-state index contributed by atoms with van der Waals surface area (Å²) in [5.74, 6) is -2.09. The van der Waals surface area contributed by atoms with Crippen LogP contribution in [0.1, 0.15) is 24.0 Å². The fraction of sp³-hybridized carbons (Fsp3) is 0.389. The summed E-state index contributed by atoms with van der Waals surface area (Å²) >= 11 is 5.92. The Morgan fingerprint density at radius 2 is 2.00 bits per heavy atom. The number of carbonyl (C=O) groups is 2. The minimum Gasteiger partial charge on any atom is -0.550 e. The van der Waals surface area contributed by atoms with E-state index in [1.54, 1.807) is 11.8 Å². The van der Waals surface area contributed by atoms with Crippen LogP contribution in [0.3, 0.4) is 0 Å². The van der Waals surface area contributed by atoms with Crippen molar-refractivity contribution in [2.45, 2.75) is 26.2 Å². The van der Waals surface area contributed by atoms with Crippen LogP contribution in [0.15, 0.2) is 21.3 Å². The van der Waals surface area contributed by atoms with Gasteiger partial charge in [-0.1, -0.05) is 11.6 Å². The molecule has 0 spiro atoms. The summed E-state index contributed by atoms with van der Waals surface area (Å²) in [5, 5.41) is 21.2. The lowest BCUT2D eigenvalue weighted by atomic mass is 9.96. The highest BCUT2D eigenvalue weighted by molar-refractivity contribution is 6.32. The molecule has 2 aromatic rings. The van der Waals surface area contributed by atoms with E-state index in [0.29, 0.717) is 36.9 Å². The molecule has 7 nitrogen and oxygen atoms in total. The number of likely N-dealkylation sites (tertiary alicyclic amines) is 1. The molecule has 1 aromatic carbocycles. The van der Waals surface area contributed by atoms with E-state index >= 15 is 0 Å². The molecule has 138 valence electrons. The van der Waals surface area contributed by atoms with Crippen molar-refractivity contribution in [3.63, 3.8) is 0 Å². The summed E-state index contributed by atoms with van der Waals surface area (Å²) in [6.07, 6.45) is 0.543. The molecule has 0 saturated carbocycles. The van der Waals surface area contributed by atoms with Crippen LogP contribution in [0, 0.1) is 12.8 Å². The number of hydrogen-bond acceptors (Lipinski definition) is 6. The van der Waals surface area contributed by atoms with Gasteiger partial charge in [-0.2, -0.15) is 0 Å². The van der Waals surface area contributed by atoms with Gasteiger partial charge < -0.3 is 24.3 Å². The Balaban J connectivity index is 1.85. The molecule has 0 bridgehead atoms. The Bertz CT molecular complexity index is 943. The van der Waals surface area contributed by atoms with Crippen molar-refractivity contribution in [1.82, 2.24) is 4.90 Å². The van der Waals surface area contributed by atoms with Crippen molar-refractivity contribution in [1.29, 1.82) is 0 Å². The first kappa shape index (κ1) is 18.3. The van der Waals surface area contributed by atoms with Gasteiger partial charge in [0.15, 0.2) is 0 Å². The monoisotopic (exact) mass is 378 g/mol. The number of amides is 1. The molecule has 2 heterocycles. The first-order chi connectivity index (χ1) is 12.3. The Hall–Kier alpha value is -2.54. The number of rotatable bonds is 3. The number of aryl methyl sites for hydroxylation is 1. The Morgan fingerprint density at radius 3 is 2.62 bits per heavy atom. The molecule has 0 aliphatic carbocycles. The molecule has 0 unspecified atom stereocenters. The number of phenolic OH excluding ortho intramolecular Hbond substituents is 1. The number of carbonyl (C=O) groups excluding carboxylic acids is 2. The van der Waals surface area contributed by atoms with Crippen LogP contribution in [0.5, 0.6) is 5.75 Å². The molecule has 1 aliphatic rings. The van der Waals surface area contributed by atoms with E-state index < -0.39 is 17.5 Å². The molecule has 1 fully saturated rings. The van der Waals surface area contributed by atoms with Gasteiger partial charge >= 0.3 is 5.63 Å². The number of halogens is 1. The lowest BCUT2D eigenvalue weighted by Gasteiger charge is -2.32. The van der Waals surface area contributed by atoms with E-state index in [-0.39, 0.29) is 34.2 Å². The second-order valence-corrected chi connectivity index (χ2v) is 6.85. The third-order valence-corrected chi connectivity index (χ3v) is 5.17. The number of piperidine rings is 1. The molecule has 1 saturated heterocycles. The highest BCUT2D eigenvalue weighted by Gasteiger charge is 2.25. The molecule has 1 aliphatic heterocycles. The number of benzene rings is 1. The fourth-order valence-electron chi connectivity index (χ4n) is 3.23. The summed E-state index contributed by atoms with van der Waals surface area (Å²) < 4.78 is 5.22. The molecule has 26 heavy (non-hydrogen) atoms. The number of aromatic hydroxyl groups is 1. The van der Waals surface area contributed by atoms with Crippen LogP contribution in [0.25, 0.3) is 11.0 Å². The van der Waals surface area contributed by atoms with Crippen LogP contribution in [-0.4, -0.2) is 35.0 Å². The van der Waals surface area contributed by atoms with E-state index in [1.165, 1.54) is 12.1 Å². The first-order valence-electron chi connectivity index (χ1n) is 8.21. The smallest absolute Gasteiger partial charge is 0.340 e. The van der Waals surface area contributed by atoms with Gasteiger partial charge in [0.1, 0.15) is 11.3 Å². The molecule has 1 aromatic heterocycles. The predicted octanol–water partition coefficient (Wildman–Crippen LogP) is 0.991. The summed E-state index contributed by atoms with van der Waals surface area (Å²) in [6.45, 7) is 2.32. The average Bonchev–Trinajstić information content (AvgIpc) is 2.60. The van der Waals surface area contributed by atoms with Crippen molar-refractivity contribution in [2.24, 2.45) is 5.92 Å². The molecule has 1 N–H and O–H groups in total. The van der Waals surface area contributed by atoms with Crippen molar-refractivity contribution >= 4 is 34.4 Å². The SMILES string of the molecule is Cc1c(CC(=O)N2CCC(C(=O)[O-])CC2)c(=O)oc2cc(O)c(Cl)cc12. The second kappa shape index (κ2) is 6.99. The highest BCUT2D eigenvalue weighted by atomic mass is 35.5. The summed E-state index contributed by atoms with van der Waals surface area (Å²) in [5.41, 5.74) is 0.345. The van der Waals surface area contributed by atoms with Crippen molar-refractivity contribution in [3.05, 3.63) is 38.7 Å². The van der Waals surface area contributed by atoms with E-state index in [9.17, 15) is 24.6 Å². The molecule has 0 radical (unpaired) electrons. The van der Waals surface area contributed by atoms with E-state index in [1.807, 2.05) is 0 Å². The lowest BCUT2D eigenvalue weighted by Crippen LogP contribution is -2.44. The maximum atomic E-state index is 12.5. The van der Waals surface area contributed by atoms with Crippen LogP contribution in [0.4, 0.5) is 0 Å². The molecule has 8 heteroatoms. The third-order valence-electron chi connectivity index (χ3n) is 4.86. The standard InChI is InChI=1S/C18H18ClNO6/c1-9-11-6-13(19)14(21)8-15(11)26-18(25)12(9)7-16(22)20-4-2-10(3-5-20)17(23)24/h6,8,10,21H,2-5,7H2,1H3,(H,23,24)/p-1. The van der Waals surface area contributed by atoms with Gasteiger partial charge in [-0.05, 0) is 31.4 Å². The van der Waals surface area contributed by atoms with Crippen molar-refractivity contribution in [2.75, 3.05) is 13.1 Å². The number of fused-ring (bicyclic) bond motifs is 1. The van der Waals surface area contributed by atoms with Crippen molar-refractivity contribution in [3.8, 4) is 5.75 Å². The summed E-state index contributed by atoms with van der Waals surface area (Å²) in [7, 11) is 0. The van der Waals surface area contributed by atoms with Crippen LogP contribution >= 0.6 is 11.6 Å². The van der Waals surface area contributed by atoms with E-state index in [4.69, 9.17) is 16.0 Å². The van der Waals surface area contributed by atoms with Crippen LogP contribution < -0.4 is 10.7 Å². The minimum atomic E-state index is -1.09. The lowest BCUT2D eigenvalue weighted by molar-refractivity contribution is -0.312. The Morgan fingerprint density at radius 1 is 1.35 bits per heavy atom. The largest absolute Gasteiger partial charge is 0.550 e. The van der Waals surface area contributed by atoms with E-state index in [2.05, 4.69) is 0 Å². The van der Waals surface area contributed by atoms with Crippen molar-refractivity contribution < 1.29 is 24.2 Å². The fourth-order valence-corrected chi connectivity index (χ4v) is 3.39. The maximum absolute atomic E-state index is 12.5. The average molecular weight is 379 g/mol. The summed E-state index contributed by atoms with van der Waals surface area (Å²) in [4.78, 5) is 37.2. The molecular formula is C18H17ClNO6-. The number of carboxylic acid groups (broad SMARTS) is 1. The second-order valence-electron chi connectivity index (χ2n) is 6.44. The molecule has 1 amide bonds. The first-order valence-corrected chi connectivity index (χ1v) is 8.59. The van der Waals surface area contributed by atoms with Gasteiger partial charge in [0.2, 0.25) is 5.91 Å². The summed E-state index contributed by atoms with van der Waals surface area (Å²) in [6, 6.07) is 2.76. The van der Waals surface area contributed by atoms with E-state index in [0.717, 1.165) is 0 Å². The molecular weight excluding hydrogens is 362 g/mol. The minimum absolute atomic E-state index is 0.121. The Kier molecular flexibility index (Phi) is 4.91. The zero-order chi connectivity index (χ0) is 19.0. The number of hydrogen-bond donors (Lipinski definition) is 1. The number of nitrogens with zero attached hydrogens (tertiary/aromatic N) is 1. The quantitative estimate of drug-likeness (QED) is 0.797. The normalized spacial score (nSPS) is 15.4. The zero-order valence-corrected chi connectivity index (χ0v) is 14.8. The molecule has 0 atom stereocenters. The number of aliphatic carboxylic acids is 1. The van der Waals surface area contributed by atoms with Gasteiger partial charge in [0.05, 0.1) is 17.0 Å². The van der Waals surface area contributed by atoms with Gasteiger partial charge in [-0.3, -0.25) is 4.79 Å². The van der Waals surface area contributed by atoms with Crippen LogP contribution in [0.2, 0.25) is 5.02 Å². The predicted molar refractivity (Wildman–Crippen MR) is 91.9 cm³/mol. The van der Waals surface area contributed by atoms with Gasteiger partial charge in [0.25, 0.3) is 0 Å². The topological polar surface area (TPSA) is 111 Å². The zero-order valence-electron chi connectivity index (χ0n) is 14.1. The Labute approximate surface area is 153 Å². The van der Waals surface area contributed by atoms with Gasteiger partial charge in [-0.15, -0.1) is 0 Å². The van der Waals surface area contributed by atoms with Gasteiger partial charge in [0, 0.05) is 36.4 Å². The third kappa shape index (κ3) is 3.39. The highest BCUT2D eigenvalue weighted by Crippen LogP contribution is 2.31. The van der Waals surface area contributed by atoms with Crippen LogP contribution in [-0.2, 0) is 16.0 Å². The number of carboxylic acids is 1. The molecule has 3 rings (SSSR count).